The summed E-state index contributed by atoms with van der Waals surface area (Å²) in [5.41, 5.74) is -0.368. The third kappa shape index (κ3) is 3.90. The van der Waals surface area contributed by atoms with Crippen LogP contribution in [0.1, 0.15) is 20.8 Å². The van der Waals surface area contributed by atoms with Gasteiger partial charge in [-0.1, -0.05) is 0 Å². The number of esters is 1. The van der Waals surface area contributed by atoms with Crippen molar-refractivity contribution in [1.29, 1.82) is 0 Å². The molecular formula is C11H16N2O4. The van der Waals surface area contributed by atoms with Crippen LogP contribution in [-0.4, -0.2) is 42.1 Å². The zero-order chi connectivity index (χ0) is 13.1. The minimum absolute atomic E-state index is 0.0533. The first-order valence-corrected chi connectivity index (χ1v) is 5.14. The average molecular weight is 240 g/mol. The lowest BCUT2D eigenvalue weighted by molar-refractivity contribution is -0.146. The van der Waals surface area contributed by atoms with Crippen LogP contribution in [0.5, 0.6) is 0 Å². The number of rotatable bonds is 1. The molecule has 0 aromatic heterocycles. The first-order valence-electron chi connectivity index (χ1n) is 5.14. The Kier molecular flexibility index (Phi) is 3.88. The molecule has 0 unspecified atom stereocenters. The van der Waals surface area contributed by atoms with Gasteiger partial charge in [0, 0.05) is 6.20 Å². The lowest BCUT2D eigenvalue weighted by Gasteiger charge is -2.22. The van der Waals surface area contributed by atoms with Gasteiger partial charge in [0.15, 0.2) is 0 Å². The van der Waals surface area contributed by atoms with Crippen LogP contribution in [0.4, 0.5) is 4.79 Å². The van der Waals surface area contributed by atoms with E-state index in [4.69, 9.17) is 4.74 Å². The molecule has 1 aliphatic rings. The number of hydrogen-bond donors (Lipinski definition) is 0. The Morgan fingerprint density at radius 2 is 2.06 bits per heavy atom. The van der Waals surface area contributed by atoms with Gasteiger partial charge in [0.25, 0.3) is 0 Å². The first-order chi connectivity index (χ1) is 7.83. The van der Waals surface area contributed by atoms with Crippen molar-refractivity contribution in [2.24, 2.45) is 4.99 Å². The van der Waals surface area contributed by atoms with Gasteiger partial charge in [0.1, 0.15) is 18.0 Å². The molecule has 0 spiro atoms. The summed E-state index contributed by atoms with van der Waals surface area (Å²) >= 11 is 0. The quantitative estimate of drug-likeness (QED) is 0.648. The molecule has 0 fully saturated rings. The predicted molar refractivity (Wildman–Crippen MR) is 61.5 cm³/mol. The van der Waals surface area contributed by atoms with E-state index in [1.54, 1.807) is 20.8 Å². The number of amides is 1. The second kappa shape index (κ2) is 4.99. The maximum Gasteiger partial charge on any atom is 0.415 e. The third-order valence-electron chi connectivity index (χ3n) is 1.82. The second-order valence-corrected chi connectivity index (χ2v) is 4.44. The summed E-state index contributed by atoms with van der Waals surface area (Å²) in [6.45, 7) is 5.38. The van der Waals surface area contributed by atoms with Crippen molar-refractivity contribution in [2.75, 3.05) is 13.8 Å². The Morgan fingerprint density at radius 3 is 2.47 bits per heavy atom. The molecule has 0 N–H and O–H groups in total. The van der Waals surface area contributed by atoms with E-state index < -0.39 is 17.7 Å². The molecule has 0 atom stereocenters. The molecule has 1 amide bonds. The van der Waals surface area contributed by atoms with Crippen LogP contribution in [0.25, 0.3) is 0 Å². The molecule has 17 heavy (non-hydrogen) atoms. The lowest BCUT2D eigenvalue weighted by atomic mass is 10.2. The molecule has 1 rings (SSSR count). The second-order valence-electron chi connectivity index (χ2n) is 4.44. The lowest BCUT2D eigenvalue weighted by Crippen LogP contribution is -2.33. The summed E-state index contributed by atoms with van der Waals surface area (Å²) < 4.78 is 9.66. The standard InChI is InChI=1S/C11H16N2O4/c1-11(2,3)17-9(14)8-5-6-13(7-12-8)10(15)16-4/h5-6H,7H2,1-4H3. The summed E-state index contributed by atoms with van der Waals surface area (Å²) in [6.07, 6.45) is 2.35. The van der Waals surface area contributed by atoms with E-state index in [2.05, 4.69) is 9.73 Å². The first kappa shape index (κ1) is 13.2. The fourth-order valence-corrected chi connectivity index (χ4v) is 1.11. The molecule has 0 aromatic carbocycles. The molecule has 1 aliphatic heterocycles. The highest BCUT2D eigenvalue weighted by Gasteiger charge is 2.22. The molecule has 1 heterocycles. The van der Waals surface area contributed by atoms with Gasteiger partial charge in [-0.15, -0.1) is 0 Å². The Bertz CT molecular complexity index is 379. The summed E-state index contributed by atoms with van der Waals surface area (Å²) in [5.74, 6) is -0.502. The minimum atomic E-state index is -0.563. The van der Waals surface area contributed by atoms with Crippen LogP contribution in [0.3, 0.4) is 0 Å². The van der Waals surface area contributed by atoms with Gasteiger partial charge in [-0.2, -0.15) is 0 Å². The summed E-state index contributed by atoms with van der Waals surface area (Å²) in [7, 11) is 1.28. The van der Waals surface area contributed by atoms with E-state index in [0.717, 1.165) is 0 Å². The van der Waals surface area contributed by atoms with Gasteiger partial charge in [0.05, 0.1) is 7.11 Å². The number of carbonyl (C=O) groups is 2. The number of ether oxygens (including phenoxy) is 2. The Balaban J connectivity index is 2.61. The molecule has 0 radical (unpaired) electrons. The van der Waals surface area contributed by atoms with Crippen molar-refractivity contribution in [3.05, 3.63) is 12.3 Å². The summed E-state index contributed by atoms with van der Waals surface area (Å²) in [6, 6.07) is 0. The molecule has 0 saturated carbocycles. The maximum atomic E-state index is 11.6. The van der Waals surface area contributed by atoms with Crippen molar-refractivity contribution in [3.63, 3.8) is 0 Å². The fraction of sp³-hybridized carbons (Fsp3) is 0.545. The fourth-order valence-electron chi connectivity index (χ4n) is 1.11. The normalized spacial score (nSPS) is 15.3. The molecule has 94 valence electrons. The van der Waals surface area contributed by atoms with Gasteiger partial charge in [0.2, 0.25) is 0 Å². The molecule has 0 bridgehead atoms. The zero-order valence-electron chi connectivity index (χ0n) is 10.4. The van der Waals surface area contributed by atoms with E-state index in [9.17, 15) is 9.59 Å². The van der Waals surface area contributed by atoms with Gasteiger partial charge < -0.3 is 9.47 Å². The molecule has 6 heteroatoms. The van der Waals surface area contributed by atoms with Crippen molar-refractivity contribution in [3.8, 4) is 0 Å². The van der Waals surface area contributed by atoms with Crippen molar-refractivity contribution in [1.82, 2.24) is 4.90 Å². The molecule has 0 aromatic rings. The zero-order valence-corrected chi connectivity index (χ0v) is 10.4. The Hall–Kier alpha value is -1.85. The van der Waals surface area contributed by atoms with Crippen molar-refractivity contribution < 1.29 is 19.1 Å². The topological polar surface area (TPSA) is 68.2 Å². The van der Waals surface area contributed by atoms with Crippen molar-refractivity contribution >= 4 is 17.8 Å². The van der Waals surface area contributed by atoms with Gasteiger partial charge in [-0.25, -0.2) is 9.59 Å². The molecule has 0 saturated heterocycles. The number of carbonyl (C=O) groups excluding carboxylic acids is 2. The third-order valence-corrected chi connectivity index (χ3v) is 1.82. The van der Waals surface area contributed by atoms with Gasteiger partial charge >= 0.3 is 12.1 Å². The van der Waals surface area contributed by atoms with Crippen LogP contribution in [0, 0.1) is 0 Å². The van der Waals surface area contributed by atoms with E-state index >= 15 is 0 Å². The van der Waals surface area contributed by atoms with Crippen LogP contribution < -0.4 is 0 Å². The average Bonchev–Trinajstić information content (AvgIpc) is 2.26. The Morgan fingerprint density at radius 1 is 1.41 bits per heavy atom. The van der Waals surface area contributed by atoms with Crippen LogP contribution >= 0.6 is 0 Å². The van der Waals surface area contributed by atoms with Gasteiger partial charge in [-0.3, -0.25) is 9.89 Å². The van der Waals surface area contributed by atoms with E-state index in [1.807, 2.05) is 0 Å². The number of nitrogens with zero attached hydrogens (tertiary/aromatic N) is 2. The monoisotopic (exact) mass is 240 g/mol. The van der Waals surface area contributed by atoms with Crippen LogP contribution in [-0.2, 0) is 14.3 Å². The highest BCUT2D eigenvalue weighted by molar-refractivity contribution is 6.41. The van der Waals surface area contributed by atoms with Crippen molar-refractivity contribution in [2.45, 2.75) is 26.4 Å². The Labute approximate surface area is 99.9 Å². The number of methoxy groups -OCH3 is 1. The maximum absolute atomic E-state index is 11.6. The molecular weight excluding hydrogens is 224 g/mol. The van der Waals surface area contributed by atoms with E-state index in [1.165, 1.54) is 24.3 Å². The summed E-state index contributed by atoms with van der Waals surface area (Å²) in [5, 5.41) is 0. The summed E-state index contributed by atoms with van der Waals surface area (Å²) in [4.78, 5) is 27.9. The van der Waals surface area contributed by atoms with Crippen LogP contribution in [0.2, 0.25) is 0 Å². The van der Waals surface area contributed by atoms with Gasteiger partial charge in [-0.05, 0) is 26.8 Å². The molecule has 0 aliphatic carbocycles. The largest absolute Gasteiger partial charge is 0.455 e. The number of aliphatic imine (C=N–C) groups is 1. The van der Waals surface area contributed by atoms with E-state index in [-0.39, 0.29) is 12.4 Å². The minimum Gasteiger partial charge on any atom is -0.455 e. The SMILES string of the molecule is COC(=O)N1C=CC(C(=O)OC(C)(C)C)=NC1. The highest BCUT2D eigenvalue weighted by atomic mass is 16.6. The van der Waals surface area contributed by atoms with E-state index in [0.29, 0.717) is 0 Å². The predicted octanol–water partition coefficient (Wildman–Crippen LogP) is 1.32. The highest BCUT2D eigenvalue weighted by Crippen LogP contribution is 2.10. The number of hydrogen-bond acceptors (Lipinski definition) is 5. The smallest absolute Gasteiger partial charge is 0.415 e. The van der Waals surface area contributed by atoms with Crippen LogP contribution in [0.15, 0.2) is 17.3 Å². The molecule has 6 nitrogen and oxygen atoms in total.